The van der Waals surface area contributed by atoms with Gasteiger partial charge in [0.05, 0.1) is 18.8 Å². The molecule has 4 nitrogen and oxygen atoms in total. The standard InChI is InChI=1S/C14H25NO3/c1-2-17-14(16)6-4-3-5-9-15-10-12-7-8-13(11-15)18-12/h12-13H,2-11H2,1H3. The quantitative estimate of drug-likeness (QED) is 0.515. The van der Waals surface area contributed by atoms with Crippen LogP contribution in [0.25, 0.3) is 0 Å². The lowest BCUT2D eigenvalue weighted by atomic mass is 10.2. The Morgan fingerprint density at radius 3 is 2.61 bits per heavy atom. The van der Waals surface area contributed by atoms with Crippen molar-refractivity contribution >= 4 is 5.97 Å². The highest BCUT2D eigenvalue weighted by molar-refractivity contribution is 5.69. The van der Waals surface area contributed by atoms with Crippen molar-refractivity contribution in [1.82, 2.24) is 4.90 Å². The number of nitrogens with zero attached hydrogens (tertiary/aromatic N) is 1. The van der Waals surface area contributed by atoms with Crippen LogP contribution >= 0.6 is 0 Å². The van der Waals surface area contributed by atoms with Gasteiger partial charge < -0.3 is 9.47 Å². The highest BCUT2D eigenvalue weighted by Crippen LogP contribution is 2.26. The van der Waals surface area contributed by atoms with Crippen LogP contribution in [0.2, 0.25) is 0 Å². The summed E-state index contributed by atoms with van der Waals surface area (Å²) in [6.07, 6.45) is 7.28. The first kappa shape index (κ1) is 13.8. The molecule has 2 aliphatic heterocycles. The van der Waals surface area contributed by atoms with Crippen LogP contribution in [0, 0.1) is 0 Å². The van der Waals surface area contributed by atoms with E-state index < -0.39 is 0 Å². The fourth-order valence-electron chi connectivity index (χ4n) is 2.90. The van der Waals surface area contributed by atoms with E-state index in [2.05, 4.69) is 4.90 Å². The zero-order valence-electron chi connectivity index (χ0n) is 11.4. The molecule has 2 unspecified atom stereocenters. The first-order valence-electron chi connectivity index (χ1n) is 7.31. The maximum atomic E-state index is 11.2. The molecule has 2 rings (SSSR count). The zero-order valence-corrected chi connectivity index (χ0v) is 11.4. The van der Waals surface area contributed by atoms with Crippen molar-refractivity contribution in [1.29, 1.82) is 0 Å². The minimum absolute atomic E-state index is 0.0538. The Hall–Kier alpha value is -0.610. The highest BCUT2D eigenvalue weighted by atomic mass is 16.5. The summed E-state index contributed by atoms with van der Waals surface area (Å²) in [5.74, 6) is -0.0538. The van der Waals surface area contributed by atoms with E-state index in [1.807, 2.05) is 6.92 Å². The fraction of sp³-hybridized carbons (Fsp3) is 0.929. The van der Waals surface area contributed by atoms with Gasteiger partial charge in [-0.1, -0.05) is 6.42 Å². The van der Waals surface area contributed by atoms with Crippen LogP contribution in [0.15, 0.2) is 0 Å². The summed E-state index contributed by atoms with van der Waals surface area (Å²) in [5, 5.41) is 0. The van der Waals surface area contributed by atoms with E-state index in [1.54, 1.807) is 0 Å². The molecule has 4 heteroatoms. The smallest absolute Gasteiger partial charge is 0.305 e. The largest absolute Gasteiger partial charge is 0.466 e. The van der Waals surface area contributed by atoms with Crippen molar-refractivity contribution in [3.05, 3.63) is 0 Å². The third-order valence-corrected chi connectivity index (χ3v) is 3.78. The molecule has 2 bridgehead atoms. The van der Waals surface area contributed by atoms with Crippen molar-refractivity contribution in [3.63, 3.8) is 0 Å². The molecule has 0 aromatic rings. The van der Waals surface area contributed by atoms with Gasteiger partial charge in [-0.3, -0.25) is 9.69 Å². The Morgan fingerprint density at radius 1 is 1.22 bits per heavy atom. The second-order valence-electron chi connectivity index (χ2n) is 5.33. The van der Waals surface area contributed by atoms with Gasteiger partial charge in [0.2, 0.25) is 0 Å². The van der Waals surface area contributed by atoms with Crippen molar-refractivity contribution in [3.8, 4) is 0 Å². The van der Waals surface area contributed by atoms with Gasteiger partial charge in [0, 0.05) is 19.5 Å². The van der Waals surface area contributed by atoms with Crippen LogP contribution in [-0.4, -0.2) is 49.3 Å². The van der Waals surface area contributed by atoms with Crippen molar-refractivity contribution in [2.75, 3.05) is 26.2 Å². The number of hydrogen-bond donors (Lipinski definition) is 0. The van der Waals surface area contributed by atoms with Gasteiger partial charge in [0.25, 0.3) is 0 Å². The number of likely N-dealkylation sites (tertiary alicyclic amines) is 1. The average Bonchev–Trinajstić information content (AvgIpc) is 2.69. The number of fused-ring (bicyclic) bond motifs is 2. The van der Waals surface area contributed by atoms with E-state index in [-0.39, 0.29) is 5.97 Å². The van der Waals surface area contributed by atoms with Crippen LogP contribution < -0.4 is 0 Å². The summed E-state index contributed by atoms with van der Waals surface area (Å²) in [6, 6.07) is 0. The van der Waals surface area contributed by atoms with Gasteiger partial charge in [-0.25, -0.2) is 0 Å². The SMILES string of the molecule is CCOC(=O)CCCCCN1CC2CCC(C1)O2. The van der Waals surface area contributed by atoms with Crippen LogP contribution in [0.1, 0.15) is 45.4 Å². The van der Waals surface area contributed by atoms with E-state index in [9.17, 15) is 4.79 Å². The summed E-state index contributed by atoms with van der Waals surface area (Å²) in [5.41, 5.74) is 0. The number of rotatable bonds is 7. The minimum Gasteiger partial charge on any atom is -0.466 e. The lowest BCUT2D eigenvalue weighted by Gasteiger charge is -2.31. The summed E-state index contributed by atoms with van der Waals surface area (Å²) in [6.45, 7) is 5.71. The van der Waals surface area contributed by atoms with Crippen LogP contribution in [0.3, 0.4) is 0 Å². The fourth-order valence-corrected chi connectivity index (χ4v) is 2.90. The predicted molar refractivity (Wildman–Crippen MR) is 69.4 cm³/mol. The normalized spacial score (nSPS) is 27.4. The molecule has 2 saturated heterocycles. The van der Waals surface area contributed by atoms with Gasteiger partial charge in [0.1, 0.15) is 0 Å². The Balaban J connectivity index is 1.49. The Morgan fingerprint density at radius 2 is 1.94 bits per heavy atom. The third kappa shape index (κ3) is 4.25. The van der Waals surface area contributed by atoms with Crippen molar-refractivity contribution < 1.29 is 14.3 Å². The number of carbonyl (C=O) groups excluding carboxylic acids is 1. The van der Waals surface area contributed by atoms with Gasteiger partial charge in [0.15, 0.2) is 0 Å². The summed E-state index contributed by atoms with van der Waals surface area (Å²) < 4.78 is 10.7. The Labute approximate surface area is 110 Å². The number of unbranched alkanes of at least 4 members (excludes halogenated alkanes) is 2. The molecular formula is C14H25NO3. The molecule has 0 amide bonds. The molecule has 0 N–H and O–H groups in total. The monoisotopic (exact) mass is 255 g/mol. The molecule has 18 heavy (non-hydrogen) atoms. The molecule has 2 atom stereocenters. The number of carbonyl (C=O) groups is 1. The van der Waals surface area contributed by atoms with Crippen molar-refractivity contribution in [2.24, 2.45) is 0 Å². The van der Waals surface area contributed by atoms with Crippen LogP contribution in [0.4, 0.5) is 0 Å². The summed E-state index contributed by atoms with van der Waals surface area (Å²) in [7, 11) is 0. The maximum Gasteiger partial charge on any atom is 0.305 e. The zero-order chi connectivity index (χ0) is 12.8. The molecule has 0 aliphatic carbocycles. The second kappa shape index (κ2) is 7.10. The number of hydrogen-bond acceptors (Lipinski definition) is 4. The molecule has 2 fully saturated rings. The van der Waals surface area contributed by atoms with Gasteiger partial charge in [-0.2, -0.15) is 0 Å². The molecule has 104 valence electrons. The van der Waals surface area contributed by atoms with E-state index in [0.29, 0.717) is 25.2 Å². The molecule has 0 aromatic carbocycles. The molecule has 0 saturated carbocycles. The van der Waals surface area contributed by atoms with Crippen molar-refractivity contribution in [2.45, 2.75) is 57.7 Å². The topological polar surface area (TPSA) is 38.8 Å². The van der Waals surface area contributed by atoms with Gasteiger partial charge in [-0.05, 0) is 39.2 Å². The van der Waals surface area contributed by atoms with E-state index >= 15 is 0 Å². The van der Waals surface area contributed by atoms with Gasteiger partial charge in [-0.15, -0.1) is 0 Å². The molecule has 0 radical (unpaired) electrons. The number of ether oxygens (including phenoxy) is 2. The molecular weight excluding hydrogens is 230 g/mol. The van der Waals surface area contributed by atoms with E-state index in [0.717, 1.165) is 32.5 Å². The average molecular weight is 255 g/mol. The minimum atomic E-state index is -0.0538. The van der Waals surface area contributed by atoms with Crippen LogP contribution in [-0.2, 0) is 14.3 Å². The maximum absolute atomic E-state index is 11.2. The molecule has 0 aromatic heterocycles. The summed E-state index contributed by atoms with van der Waals surface area (Å²) >= 11 is 0. The predicted octanol–water partition coefficient (Wildman–Crippen LogP) is 1.97. The molecule has 0 spiro atoms. The Kier molecular flexibility index (Phi) is 5.45. The lowest BCUT2D eigenvalue weighted by Crippen LogP contribution is -2.42. The second-order valence-corrected chi connectivity index (χ2v) is 5.33. The number of esters is 1. The van der Waals surface area contributed by atoms with E-state index in [4.69, 9.17) is 9.47 Å². The summed E-state index contributed by atoms with van der Waals surface area (Å²) in [4.78, 5) is 13.7. The molecule has 2 aliphatic rings. The Bertz CT molecular complexity index is 258. The molecule has 2 heterocycles. The first-order chi connectivity index (χ1) is 8.78. The lowest BCUT2D eigenvalue weighted by molar-refractivity contribution is -0.143. The number of morpholine rings is 1. The third-order valence-electron chi connectivity index (χ3n) is 3.78. The van der Waals surface area contributed by atoms with Crippen LogP contribution in [0.5, 0.6) is 0 Å². The first-order valence-corrected chi connectivity index (χ1v) is 7.31. The van der Waals surface area contributed by atoms with E-state index in [1.165, 1.54) is 19.3 Å². The highest BCUT2D eigenvalue weighted by Gasteiger charge is 2.33. The van der Waals surface area contributed by atoms with Gasteiger partial charge >= 0.3 is 5.97 Å².